The van der Waals surface area contributed by atoms with Crippen LogP contribution in [-0.4, -0.2) is 19.3 Å². The highest BCUT2D eigenvalue weighted by Gasteiger charge is 2.20. The summed E-state index contributed by atoms with van der Waals surface area (Å²) in [4.78, 5) is 4.48. The zero-order chi connectivity index (χ0) is 32.9. The number of nitrogens with zero attached hydrogens (tertiary/aromatic N) is 4. The van der Waals surface area contributed by atoms with E-state index in [4.69, 9.17) is 9.84 Å². The molecule has 5 aromatic carbocycles. The molecule has 0 unspecified atom stereocenters. The fourth-order valence-electron chi connectivity index (χ4n) is 7.00. The van der Waals surface area contributed by atoms with Gasteiger partial charge in [-0.2, -0.15) is 5.10 Å². The van der Waals surface area contributed by atoms with Gasteiger partial charge in [-0.25, -0.2) is 14.1 Å². The van der Waals surface area contributed by atoms with Crippen molar-refractivity contribution in [1.82, 2.24) is 19.3 Å². The predicted molar refractivity (Wildman–Crippen MR) is 192 cm³/mol. The van der Waals surface area contributed by atoms with E-state index >= 15 is 0 Å². The molecule has 5 nitrogen and oxygen atoms in total. The van der Waals surface area contributed by atoms with Crippen LogP contribution < -0.4 is 4.74 Å². The number of halogens is 1. The van der Waals surface area contributed by atoms with Crippen molar-refractivity contribution in [3.63, 3.8) is 0 Å². The van der Waals surface area contributed by atoms with Crippen LogP contribution in [-0.2, 0) is 0 Å². The summed E-state index contributed by atoms with van der Waals surface area (Å²) in [7, 11) is 0. The van der Waals surface area contributed by atoms with Gasteiger partial charge >= 0.3 is 0 Å². The highest BCUT2D eigenvalue weighted by Crippen LogP contribution is 2.38. The summed E-state index contributed by atoms with van der Waals surface area (Å²) in [5.74, 6) is 1.53. The summed E-state index contributed by atoms with van der Waals surface area (Å²) in [5.41, 5.74) is 12.0. The highest BCUT2D eigenvalue weighted by atomic mass is 19.1. The Morgan fingerprint density at radius 1 is 0.604 bits per heavy atom. The standard InChI is InChI=1S/C42H33FN4O/c1-26-21-31(30-11-6-5-7-12-30)22-27(2)41(26)42-28(3)45-47(29(42)4)33-13-10-14-34(24-33)48-35-17-18-37-36-15-8-9-16-38(36)46(39(37)25-35)40-23-32(43)19-20-44-40/h5-25H,1-4H3. The first kappa shape index (κ1) is 29.4. The van der Waals surface area contributed by atoms with E-state index in [2.05, 4.69) is 75.1 Å². The van der Waals surface area contributed by atoms with Crippen molar-refractivity contribution in [3.8, 4) is 45.3 Å². The first-order valence-electron chi connectivity index (χ1n) is 16.0. The Bertz CT molecular complexity index is 2470. The van der Waals surface area contributed by atoms with Crippen molar-refractivity contribution in [3.05, 3.63) is 156 Å². The van der Waals surface area contributed by atoms with Gasteiger partial charge in [0.1, 0.15) is 23.1 Å². The molecule has 0 bridgehead atoms. The van der Waals surface area contributed by atoms with E-state index in [-0.39, 0.29) is 5.82 Å². The number of para-hydroxylation sites is 1. The minimum Gasteiger partial charge on any atom is -0.457 e. The minimum atomic E-state index is -0.336. The van der Waals surface area contributed by atoms with Gasteiger partial charge in [-0.3, -0.25) is 4.57 Å². The van der Waals surface area contributed by atoms with Gasteiger partial charge in [0.25, 0.3) is 0 Å². The number of aromatic nitrogens is 4. The molecule has 48 heavy (non-hydrogen) atoms. The van der Waals surface area contributed by atoms with Crippen molar-refractivity contribution >= 4 is 21.8 Å². The maximum absolute atomic E-state index is 14.3. The maximum Gasteiger partial charge on any atom is 0.140 e. The Morgan fingerprint density at radius 2 is 1.33 bits per heavy atom. The van der Waals surface area contributed by atoms with Gasteiger partial charge in [0, 0.05) is 46.4 Å². The second kappa shape index (κ2) is 11.7. The van der Waals surface area contributed by atoms with Crippen LogP contribution in [0.1, 0.15) is 22.5 Å². The van der Waals surface area contributed by atoms with Crippen molar-refractivity contribution < 1.29 is 9.13 Å². The molecule has 8 aromatic rings. The maximum atomic E-state index is 14.3. The molecule has 8 rings (SSSR count). The fourth-order valence-corrected chi connectivity index (χ4v) is 7.00. The molecule has 0 saturated heterocycles. The third-order valence-electron chi connectivity index (χ3n) is 9.06. The largest absolute Gasteiger partial charge is 0.457 e. The van der Waals surface area contributed by atoms with Gasteiger partial charge < -0.3 is 4.74 Å². The van der Waals surface area contributed by atoms with Crippen molar-refractivity contribution in [2.24, 2.45) is 0 Å². The summed E-state index contributed by atoms with van der Waals surface area (Å²) in [6.07, 6.45) is 1.49. The summed E-state index contributed by atoms with van der Waals surface area (Å²) < 4.78 is 24.7. The quantitative estimate of drug-likeness (QED) is 0.184. The molecule has 3 aromatic heterocycles. The zero-order valence-electron chi connectivity index (χ0n) is 27.2. The molecule has 3 heterocycles. The molecule has 0 aliphatic carbocycles. The molecule has 0 radical (unpaired) electrons. The van der Waals surface area contributed by atoms with Gasteiger partial charge in [0.2, 0.25) is 0 Å². The number of benzene rings is 5. The third-order valence-corrected chi connectivity index (χ3v) is 9.06. The van der Waals surface area contributed by atoms with E-state index in [1.807, 2.05) is 76.0 Å². The minimum absolute atomic E-state index is 0.336. The molecular formula is C42H33FN4O. The lowest BCUT2D eigenvalue weighted by molar-refractivity contribution is 0.482. The van der Waals surface area contributed by atoms with Crippen LogP contribution >= 0.6 is 0 Å². The Labute approximate surface area is 278 Å². The normalized spacial score (nSPS) is 11.4. The molecular weight excluding hydrogens is 595 g/mol. The van der Waals surface area contributed by atoms with E-state index in [1.54, 1.807) is 0 Å². The lowest BCUT2D eigenvalue weighted by Gasteiger charge is -2.14. The molecule has 234 valence electrons. The Morgan fingerprint density at radius 3 is 2.12 bits per heavy atom. The van der Waals surface area contributed by atoms with Crippen molar-refractivity contribution in [2.45, 2.75) is 27.7 Å². The third kappa shape index (κ3) is 5.03. The Balaban J connectivity index is 1.15. The van der Waals surface area contributed by atoms with Crippen LogP contribution in [0.25, 0.3) is 55.6 Å². The van der Waals surface area contributed by atoms with Gasteiger partial charge in [-0.15, -0.1) is 0 Å². The summed E-state index contributed by atoms with van der Waals surface area (Å²) in [6.45, 7) is 8.56. The Kier molecular flexibility index (Phi) is 7.14. The van der Waals surface area contributed by atoms with Gasteiger partial charge in [0.15, 0.2) is 0 Å². The summed E-state index contributed by atoms with van der Waals surface area (Å²) >= 11 is 0. The molecule has 0 saturated carbocycles. The van der Waals surface area contributed by atoms with E-state index in [0.717, 1.165) is 44.4 Å². The Hall–Kier alpha value is -6.01. The molecule has 0 amide bonds. The fraction of sp³-hybridized carbons (Fsp3) is 0.0952. The molecule has 0 atom stereocenters. The number of ether oxygens (including phenoxy) is 1. The smallest absolute Gasteiger partial charge is 0.140 e. The number of rotatable bonds is 6. The number of hydrogen-bond acceptors (Lipinski definition) is 3. The predicted octanol–water partition coefficient (Wildman–Crippen LogP) is 10.9. The lowest BCUT2D eigenvalue weighted by Crippen LogP contribution is -2.00. The van der Waals surface area contributed by atoms with Crippen molar-refractivity contribution in [2.75, 3.05) is 0 Å². The van der Waals surface area contributed by atoms with Gasteiger partial charge in [0.05, 0.1) is 22.4 Å². The van der Waals surface area contributed by atoms with E-state index in [1.165, 1.54) is 46.1 Å². The zero-order valence-corrected chi connectivity index (χ0v) is 27.2. The first-order valence-corrected chi connectivity index (χ1v) is 16.0. The van der Waals surface area contributed by atoms with E-state index in [0.29, 0.717) is 17.3 Å². The topological polar surface area (TPSA) is 44.9 Å². The summed E-state index contributed by atoms with van der Waals surface area (Å²) in [5, 5.41) is 7.11. The lowest BCUT2D eigenvalue weighted by atomic mass is 9.90. The van der Waals surface area contributed by atoms with E-state index < -0.39 is 0 Å². The van der Waals surface area contributed by atoms with Gasteiger partial charge in [-0.1, -0.05) is 66.7 Å². The average Bonchev–Trinajstić information content (AvgIpc) is 3.57. The molecule has 0 aliphatic rings. The SMILES string of the molecule is Cc1cc(-c2ccccc2)cc(C)c1-c1c(C)nn(-c2cccc(Oc3ccc4c5ccccc5n(-c5cc(F)ccn5)c4c3)c2)c1C. The monoisotopic (exact) mass is 628 g/mol. The van der Waals surface area contributed by atoms with Crippen LogP contribution in [0, 0.1) is 33.5 Å². The molecule has 6 heteroatoms. The number of fused-ring (bicyclic) bond motifs is 3. The molecule has 0 spiro atoms. The van der Waals surface area contributed by atoms with Crippen LogP contribution in [0.3, 0.4) is 0 Å². The number of aryl methyl sites for hydroxylation is 3. The second-order valence-corrected chi connectivity index (χ2v) is 12.3. The summed E-state index contributed by atoms with van der Waals surface area (Å²) in [6, 6.07) is 39.9. The molecule has 0 aliphatic heterocycles. The average molecular weight is 629 g/mol. The number of pyridine rings is 1. The van der Waals surface area contributed by atoms with Crippen LogP contribution in [0.15, 0.2) is 128 Å². The highest BCUT2D eigenvalue weighted by molar-refractivity contribution is 6.09. The van der Waals surface area contributed by atoms with Crippen molar-refractivity contribution in [1.29, 1.82) is 0 Å². The van der Waals surface area contributed by atoms with Crippen LogP contribution in [0.5, 0.6) is 11.5 Å². The van der Waals surface area contributed by atoms with Gasteiger partial charge in [-0.05, 0) is 91.9 Å². The molecule has 0 fully saturated rings. The first-order chi connectivity index (χ1) is 23.4. The molecule has 0 N–H and O–H groups in total. The number of hydrogen-bond donors (Lipinski definition) is 0. The van der Waals surface area contributed by atoms with Crippen LogP contribution in [0.2, 0.25) is 0 Å². The van der Waals surface area contributed by atoms with Crippen LogP contribution in [0.4, 0.5) is 4.39 Å². The van der Waals surface area contributed by atoms with E-state index in [9.17, 15) is 4.39 Å². The second-order valence-electron chi connectivity index (χ2n) is 12.3.